The van der Waals surface area contributed by atoms with E-state index in [1.807, 2.05) is 74.5 Å². The van der Waals surface area contributed by atoms with Gasteiger partial charge in [-0.25, -0.2) is 5.48 Å². The lowest BCUT2D eigenvalue weighted by molar-refractivity contribution is -0.135. The Labute approximate surface area is 148 Å². The van der Waals surface area contributed by atoms with Gasteiger partial charge in [0, 0.05) is 0 Å². The minimum Gasteiger partial charge on any atom is -0.343 e. The molecule has 5 heteroatoms. The van der Waals surface area contributed by atoms with Gasteiger partial charge in [0.1, 0.15) is 6.04 Å². The van der Waals surface area contributed by atoms with Crippen LogP contribution in [-0.4, -0.2) is 23.1 Å². The molecule has 3 N–H and O–H groups in total. The first-order valence-corrected chi connectivity index (χ1v) is 8.37. The van der Waals surface area contributed by atoms with E-state index in [9.17, 15) is 9.59 Å². The van der Waals surface area contributed by atoms with Crippen LogP contribution in [0, 0.1) is 5.92 Å². The average Bonchev–Trinajstić information content (AvgIpc) is 2.62. The molecular formula is C20H24N2O3. The highest BCUT2D eigenvalue weighted by atomic mass is 16.5. The van der Waals surface area contributed by atoms with Gasteiger partial charge in [-0.15, -0.1) is 0 Å². The molecule has 0 aromatic heterocycles. The maximum atomic E-state index is 13.0. The summed E-state index contributed by atoms with van der Waals surface area (Å²) >= 11 is 0. The van der Waals surface area contributed by atoms with Crippen molar-refractivity contribution in [1.82, 2.24) is 10.8 Å². The van der Waals surface area contributed by atoms with E-state index < -0.39 is 17.9 Å². The summed E-state index contributed by atoms with van der Waals surface area (Å²) in [6.07, 6.45) is 0.439. The van der Waals surface area contributed by atoms with Crippen LogP contribution in [0.1, 0.15) is 37.3 Å². The fraction of sp³-hybridized carbons (Fsp3) is 0.300. The zero-order chi connectivity index (χ0) is 18.2. The molecule has 2 rings (SSSR count). The standard InChI is InChI=1S/C20H24N2O3/c1-14(2)13-17(19(23)22-25)21-20(24)18(15-9-5-3-6-10-15)16-11-7-4-8-12-16/h3-12,14,17-18,25H,13H2,1-2H3,(H,21,24)(H,22,23)/t17-/m1/s1. The van der Waals surface area contributed by atoms with Gasteiger partial charge in [0.25, 0.3) is 5.91 Å². The fourth-order valence-corrected chi connectivity index (χ4v) is 2.82. The number of amides is 2. The van der Waals surface area contributed by atoms with E-state index in [0.29, 0.717) is 6.42 Å². The Kier molecular flexibility index (Phi) is 6.71. The molecule has 2 amide bonds. The molecule has 0 saturated carbocycles. The van der Waals surface area contributed by atoms with Gasteiger partial charge in [0.15, 0.2) is 0 Å². The number of carbonyl (C=O) groups is 2. The number of carbonyl (C=O) groups excluding carboxylic acids is 2. The zero-order valence-electron chi connectivity index (χ0n) is 14.5. The molecule has 5 nitrogen and oxygen atoms in total. The van der Waals surface area contributed by atoms with Crippen molar-refractivity contribution in [2.45, 2.75) is 32.2 Å². The molecule has 0 bridgehead atoms. The molecule has 1 atom stereocenters. The van der Waals surface area contributed by atoms with Crippen molar-refractivity contribution in [2.75, 3.05) is 0 Å². The van der Waals surface area contributed by atoms with E-state index in [1.54, 1.807) is 5.48 Å². The Morgan fingerprint density at radius 1 is 0.880 bits per heavy atom. The molecule has 25 heavy (non-hydrogen) atoms. The SMILES string of the molecule is CC(C)C[C@@H](NC(=O)C(c1ccccc1)c1ccccc1)C(=O)NO. The third-order valence-corrected chi connectivity index (χ3v) is 3.98. The monoisotopic (exact) mass is 340 g/mol. The number of benzene rings is 2. The molecule has 132 valence electrons. The Morgan fingerprint density at radius 3 is 1.76 bits per heavy atom. The normalized spacial score (nSPS) is 12.0. The lowest BCUT2D eigenvalue weighted by atomic mass is 9.90. The number of hydroxylamine groups is 1. The number of hydrogen-bond acceptors (Lipinski definition) is 3. The van der Waals surface area contributed by atoms with Crippen molar-refractivity contribution in [3.63, 3.8) is 0 Å². The third kappa shape index (κ3) is 5.16. The second-order valence-electron chi connectivity index (χ2n) is 6.42. The van der Waals surface area contributed by atoms with E-state index in [2.05, 4.69) is 5.32 Å². The van der Waals surface area contributed by atoms with Crippen LogP contribution in [0.25, 0.3) is 0 Å². The van der Waals surface area contributed by atoms with E-state index >= 15 is 0 Å². The third-order valence-electron chi connectivity index (χ3n) is 3.98. The summed E-state index contributed by atoms with van der Waals surface area (Å²) in [5, 5.41) is 11.7. The summed E-state index contributed by atoms with van der Waals surface area (Å²) in [6.45, 7) is 3.91. The van der Waals surface area contributed by atoms with E-state index in [1.165, 1.54) is 0 Å². The molecule has 0 spiro atoms. The van der Waals surface area contributed by atoms with Crippen LogP contribution in [0.4, 0.5) is 0 Å². The predicted octanol–water partition coefficient (Wildman–Crippen LogP) is 2.85. The number of rotatable bonds is 7. The number of nitrogens with one attached hydrogen (secondary N) is 2. The lowest BCUT2D eigenvalue weighted by Crippen LogP contribution is -2.48. The Morgan fingerprint density at radius 2 is 1.36 bits per heavy atom. The van der Waals surface area contributed by atoms with Crippen LogP contribution in [0.2, 0.25) is 0 Å². The molecular weight excluding hydrogens is 316 g/mol. The molecule has 0 fully saturated rings. The van der Waals surface area contributed by atoms with Gasteiger partial charge in [0.2, 0.25) is 5.91 Å². The smallest absolute Gasteiger partial charge is 0.265 e. The van der Waals surface area contributed by atoms with Crippen molar-refractivity contribution in [1.29, 1.82) is 0 Å². The molecule has 0 heterocycles. The van der Waals surface area contributed by atoms with Crippen molar-refractivity contribution in [2.24, 2.45) is 5.92 Å². The van der Waals surface area contributed by atoms with Gasteiger partial charge in [0.05, 0.1) is 5.92 Å². The summed E-state index contributed by atoms with van der Waals surface area (Å²) < 4.78 is 0. The van der Waals surface area contributed by atoms with Gasteiger partial charge in [-0.2, -0.15) is 0 Å². The molecule has 0 radical (unpaired) electrons. The highest BCUT2D eigenvalue weighted by Gasteiger charge is 2.28. The topological polar surface area (TPSA) is 78.4 Å². The first kappa shape index (κ1) is 18.7. The maximum Gasteiger partial charge on any atom is 0.265 e. The minimum absolute atomic E-state index is 0.189. The van der Waals surface area contributed by atoms with Crippen LogP contribution in [0.3, 0.4) is 0 Å². The zero-order valence-corrected chi connectivity index (χ0v) is 14.5. The summed E-state index contributed by atoms with van der Waals surface area (Å²) in [5.74, 6) is -1.22. The van der Waals surface area contributed by atoms with Crippen LogP contribution in [0.5, 0.6) is 0 Å². The number of hydrogen-bond donors (Lipinski definition) is 3. The van der Waals surface area contributed by atoms with E-state index in [0.717, 1.165) is 11.1 Å². The Hall–Kier alpha value is -2.66. The van der Waals surface area contributed by atoms with Gasteiger partial charge >= 0.3 is 0 Å². The summed E-state index contributed by atoms with van der Waals surface area (Å²) in [7, 11) is 0. The van der Waals surface area contributed by atoms with Gasteiger partial charge in [-0.3, -0.25) is 14.8 Å². The largest absolute Gasteiger partial charge is 0.343 e. The quantitative estimate of drug-likeness (QED) is 0.536. The van der Waals surface area contributed by atoms with E-state index in [4.69, 9.17) is 5.21 Å². The van der Waals surface area contributed by atoms with Crippen molar-refractivity contribution < 1.29 is 14.8 Å². The maximum absolute atomic E-state index is 13.0. The first-order chi connectivity index (χ1) is 12.0. The summed E-state index contributed by atoms with van der Waals surface area (Å²) in [4.78, 5) is 24.9. The molecule has 2 aromatic carbocycles. The molecule has 0 aliphatic heterocycles. The minimum atomic E-state index is -0.785. The second-order valence-corrected chi connectivity index (χ2v) is 6.42. The van der Waals surface area contributed by atoms with Gasteiger partial charge in [-0.05, 0) is 23.5 Å². The van der Waals surface area contributed by atoms with Gasteiger partial charge < -0.3 is 5.32 Å². The van der Waals surface area contributed by atoms with E-state index in [-0.39, 0.29) is 11.8 Å². The van der Waals surface area contributed by atoms with Crippen LogP contribution < -0.4 is 10.8 Å². The Bertz CT molecular complexity index is 647. The summed E-state index contributed by atoms with van der Waals surface area (Å²) in [6, 6.07) is 18.1. The van der Waals surface area contributed by atoms with Crippen molar-refractivity contribution in [3.8, 4) is 0 Å². The highest BCUT2D eigenvalue weighted by Crippen LogP contribution is 2.25. The van der Waals surface area contributed by atoms with Crippen molar-refractivity contribution >= 4 is 11.8 Å². The molecule has 2 aromatic rings. The van der Waals surface area contributed by atoms with Crippen LogP contribution >= 0.6 is 0 Å². The van der Waals surface area contributed by atoms with Gasteiger partial charge in [-0.1, -0.05) is 74.5 Å². The summed E-state index contributed by atoms with van der Waals surface area (Å²) in [5.41, 5.74) is 3.33. The predicted molar refractivity (Wildman–Crippen MR) is 96.0 cm³/mol. The fourth-order valence-electron chi connectivity index (χ4n) is 2.82. The second kappa shape index (κ2) is 8.99. The van der Waals surface area contributed by atoms with Crippen LogP contribution in [-0.2, 0) is 9.59 Å². The Balaban J connectivity index is 2.30. The molecule has 0 unspecified atom stereocenters. The average molecular weight is 340 g/mol. The van der Waals surface area contributed by atoms with Crippen LogP contribution in [0.15, 0.2) is 60.7 Å². The van der Waals surface area contributed by atoms with Crippen molar-refractivity contribution in [3.05, 3.63) is 71.8 Å². The molecule has 0 saturated heterocycles. The molecule has 0 aliphatic rings. The lowest BCUT2D eigenvalue weighted by Gasteiger charge is -2.23. The highest BCUT2D eigenvalue weighted by molar-refractivity contribution is 5.92. The molecule has 0 aliphatic carbocycles. The first-order valence-electron chi connectivity index (χ1n) is 8.37.